The molecular formula is C4H4FO2. The molecule has 0 saturated carbocycles. The quantitative estimate of drug-likeness (QED) is 0.487. The molecule has 0 aliphatic heterocycles. The molecule has 0 aromatic rings. The zero-order chi connectivity index (χ0) is 5.70. The summed E-state index contributed by atoms with van der Waals surface area (Å²) in [4.78, 5) is 9.14. The first kappa shape index (κ1) is 6.14. The highest BCUT2D eigenvalue weighted by molar-refractivity contribution is 5.38. The van der Waals surface area contributed by atoms with E-state index in [4.69, 9.17) is 4.79 Å². The molecule has 0 saturated heterocycles. The largest absolute Gasteiger partial charge is 0.420 e. The molecule has 7 heavy (non-hydrogen) atoms. The minimum atomic E-state index is -1.71. The summed E-state index contributed by atoms with van der Waals surface area (Å²) < 4.78 is 15.1. The zero-order valence-corrected chi connectivity index (χ0v) is 3.56. The zero-order valence-electron chi connectivity index (χ0n) is 3.56. The fourth-order valence-electron chi connectivity index (χ4n) is 0.0941. The average molecular weight is 103 g/mol. The van der Waals surface area contributed by atoms with Gasteiger partial charge in [0.15, 0.2) is 0 Å². The number of hydrogen-bond acceptors (Lipinski definition) is 2. The van der Waals surface area contributed by atoms with Gasteiger partial charge in [-0.15, -0.1) is 0 Å². The molecular weight excluding hydrogens is 99.0 g/mol. The molecule has 0 spiro atoms. The third-order valence-corrected chi connectivity index (χ3v) is 0.346. The molecule has 0 heterocycles. The van der Waals surface area contributed by atoms with E-state index in [0.29, 0.717) is 0 Å². The van der Waals surface area contributed by atoms with Gasteiger partial charge in [0.2, 0.25) is 0 Å². The summed E-state index contributed by atoms with van der Waals surface area (Å²) in [6.45, 7) is 3.92. The number of carbonyl (C=O) groups excluding carboxylic acids is 1. The Bertz CT molecular complexity index is 72.1. The van der Waals surface area contributed by atoms with Crippen molar-refractivity contribution in [3.8, 4) is 0 Å². The van der Waals surface area contributed by atoms with Crippen molar-refractivity contribution < 1.29 is 13.9 Å². The van der Waals surface area contributed by atoms with Crippen molar-refractivity contribution >= 4 is 6.47 Å². The van der Waals surface area contributed by atoms with Crippen LogP contribution in [0.2, 0.25) is 0 Å². The van der Waals surface area contributed by atoms with Gasteiger partial charge in [-0.2, -0.15) is 4.39 Å². The molecule has 0 N–H and O–H groups in total. The van der Waals surface area contributed by atoms with Crippen molar-refractivity contribution in [2.75, 3.05) is 0 Å². The Morgan fingerprint density at radius 2 is 2.57 bits per heavy atom. The van der Waals surface area contributed by atoms with E-state index in [1.165, 1.54) is 0 Å². The fourth-order valence-corrected chi connectivity index (χ4v) is 0.0941. The molecule has 0 amide bonds. The molecule has 0 rings (SSSR count). The van der Waals surface area contributed by atoms with Crippen molar-refractivity contribution in [3.05, 3.63) is 12.7 Å². The summed E-state index contributed by atoms with van der Waals surface area (Å²) in [6.07, 6.45) is -0.859. The third-order valence-electron chi connectivity index (χ3n) is 0.346. The maximum Gasteiger partial charge on any atom is 0.420 e. The van der Waals surface area contributed by atoms with Crippen LogP contribution in [0, 0.1) is 0 Å². The molecule has 0 aliphatic rings. The van der Waals surface area contributed by atoms with Crippen LogP contribution in [0.1, 0.15) is 0 Å². The van der Waals surface area contributed by atoms with Gasteiger partial charge < -0.3 is 4.74 Å². The molecule has 0 fully saturated rings. The van der Waals surface area contributed by atoms with Crippen LogP contribution in [0.3, 0.4) is 0 Å². The van der Waals surface area contributed by atoms with E-state index in [-0.39, 0.29) is 0 Å². The van der Waals surface area contributed by atoms with Crippen molar-refractivity contribution in [1.29, 1.82) is 0 Å². The van der Waals surface area contributed by atoms with Gasteiger partial charge in [0, 0.05) is 0 Å². The van der Waals surface area contributed by atoms with Gasteiger partial charge in [-0.3, -0.25) is 0 Å². The Morgan fingerprint density at radius 3 is 2.71 bits per heavy atom. The van der Waals surface area contributed by atoms with E-state index in [1.54, 1.807) is 0 Å². The van der Waals surface area contributed by atoms with E-state index in [0.717, 1.165) is 12.5 Å². The number of halogens is 1. The van der Waals surface area contributed by atoms with Gasteiger partial charge in [0.05, 0.1) is 0 Å². The van der Waals surface area contributed by atoms with Crippen LogP contribution >= 0.6 is 0 Å². The first-order valence-corrected chi connectivity index (χ1v) is 1.60. The first-order valence-electron chi connectivity index (χ1n) is 1.60. The Labute approximate surface area is 40.6 Å². The maximum absolute atomic E-state index is 11.5. The summed E-state index contributed by atoms with van der Waals surface area (Å²) in [5.41, 5.74) is 0. The van der Waals surface area contributed by atoms with E-state index in [1.807, 2.05) is 0 Å². The average Bonchev–Trinajstić information content (AvgIpc) is 1.68. The Morgan fingerprint density at radius 1 is 2.00 bits per heavy atom. The molecule has 3 heteroatoms. The number of alkyl halides is 1. The van der Waals surface area contributed by atoms with Gasteiger partial charge in [-0.1, -0.05) is 6.58 Å². The highest BCUT2D eigenvalue weighted by atomic mass is 19.1. The second-order valence-corrected chi connectivity index (χ2v) is 0.788. The number of ether oxygens (including phenoxy) is 1. The second-order valence-electron chi connectivity index (χ2n) is 0.788. The predicted molar refractivity (Wildman–Crippen MR) is 21.9 cm³/mol. The van der Waals surface area contributed by atoms with Crippen LogP contribution in [-0.2, 0) is 9.53 Å². The molecule has 0 aliphatic carbocycles. The Balaban J connectivity index is 3.15. The SMILES string of the molecule is C=CC(F)O[C]=O. The monoisotopic (exact) mass is 103 g/mol. The van der Waals surface area contributed by atoms with Crippen molar-refractivity contribution in [1.82, 2.24) is 0 Å². The van der Waals surface area contributed by atoms with E-state index in [2.05, 4.69) is 11.3 Å². The Kier molecular flexibility index (Phi) is 2.92. The maximum atomic E-state index is 11.5. The normalized spacial score (nSPS) is 12.1. The van der Waals surface area contributed by atoms with Gasteiger partial charge in [-0.25, -0.2) is 4.79 Å². The molecule has 2 nitrogen and oxygen atoms in total. The van der Waals surface area contributed by atoms with E-state index < -0.39 is 6.36 Å². The summed E-state index contributed by atoms with van der Waals surface area (Å²) >= 11 is 0. The van der Waals surface area contributed by atoms with Crippen LogP contribution in [0.5, 0.6) is 0 Å². The van der Waals surface area contributed by atoms with Gasteiger partial charge in [0.1, 0.15) is 0 Å². The first-order chi connectivity index (χ1) is 3.31. The van der Waals surface area contributed by atoms with Gasteiger partial charge in [-0.05, 0) is 6.08 Å². The summed E-state index contributed by atoms with van der Waals surface area (Å²) in [5, 5.41) is 0. The van der Waals surface area contributed by atoms with Crippen LogP contribution < -0.4 is 0 Å². The molecule has 0 aromatic heterocycles. The standard InChI is InChI=1S/C4H4FO2/c1-2-4(5)7-3-6/h2,4H,1H2. The highest BCUT2D eigenvalue weighted by Crippen LogP contribution is 1.88. The summed E-state index contributed by atoms with van der Waals surface area (Å²) in [6, 6.07) is 0. The smallest absolute Gasteiger partial charge is 0.419 e. The van der Waals surface area contributed by atoms with Crippen molar-refractivity contribution in [2.24, 2.45) is 0 Å². The fraction of sp³-hybridized carbons (Fsp3) is 0.250. The lowest BCUT2D eigenvalue weighted by Crippen LogP contribution is -1.98. The van der Waals surface area contributed by atoms with Crippen LogP contribution in [-0.4, -0.2) is 12.8 Å². The molecule has 0 aromatic carbocycles. The lowest BCUT2D eigenvalue weighted by molar-refractivity contribution is 0.0960. The summed E-state index contributed by atoms with van der Waals surface area (Å²) in [7, 11) is 0. The minimum absolute atomic E-state index is 0.852. The van der Waals surface area contributed by atoms with Crippen molar-refractivity contribution in [2.45, 2.75) is 6.36 Å². The molecule has 1 radical (unpaired) electrons. The van der Waals surface area contributed by atoms with Gasteiger partial charge in [0.25, 0.3) is 6.36 Å². The summed E-state index contributed by atoms with van der Waals surface area (Å²) in [5.74, 6) is 0. The van der Waals surface area contributed by atoms with Crippen LogP contribution in [0.15, 0.2) is 12.7 Å². The second kappa shape index (κ2) is 3.33. The third kappa shape index (κ3) is 2.96. The minimum Gasteiger partial charge on any atom is -0.419 e. The van der Waals surface area contributed by atoms with Crippen LogP contribution in [0.25, 0.3) is 0 Å². The van der Waals surface area contributed by atoms with Gasteiger partial charge >= 0.3 is 6.47 Å². The number of rotatable bonds is 3. The number of hydrogen-bond donors (Lipinski definition) is 0. The Hall–Kier alpha value is -0.860. The van der Waals surface area contributed by atoms with E-state index in [9.17, 15) is 4.39 Å². The highest BCUT2D eigenvalue weighted by Gasteiger charge is 1.94. The molecule has 0 bridgehead atoms. The lowest BCUT2D eigenvalue weighted by Gasteiger charge is -1.92. The molecule has 39 valence electrons. The molecule has 1 unspecified atom stereocenters. The van der Waals surface area contributed by atoms with Crippen LogP contribution in [0.4, 0.5) is 4.39 Å². The molecule has 1 atom stereocenters. The topological polar surface area (TPSA) is 26.3 Å². The lowest BCUT2D eigenvalue weighted by atomic mass is 10.7. The van der Waals surface area contributed by atoms with Crippen molar-refractivity contribution in [3.63, 3.8) is 0 Å². The van der Waals surface area contributed by atoms with E-state index >= 15 is 0 Å². The predicted octanol–water partition coefficient (Wildman–Crippen LogP) is 0.552.